The number of nitrogens with zero attached hydrogens (tertiary/aromatic N) is 2. The van der Waals surface area contributed by atoms with Gasteiger partial charge < -0.3 is 20.5 Å². The summed E-state index contributed by atoms with van der Waals surface area (Å²) in [5, 5.41) is 15.9. The Morgan fingerprint density at radius 3 is 2.42 bits per heavy atom. The van der Waals surface area contributed by atoms with E-state index < -0.39 is 24.0 Å². The number of ether oxygens (including phenoxy) is 1. The second kappa shape index (κ2) is 9.90. The second-order valence-corrected chi connectivity index (χ2v) is 7.75. The summed E-state index contributed by atoms with van der Waals surface area (Å²) in [6.07, 6.45) is -3.53. The molecule has 0 aliphatic rings. The van der Waals surface area contributed by atoms with Crippen LogP contribution < -0.4 is 15.4 Å². The molecule has 0 bridgehead atoms. The number of rotatable bonds is 7. The highest BCUT2D eigenvalue weighted by Crippen LogP contribution is 2.27. The quantitative estimate of drug-likeness (QED) is 0.303. The monoisotopic (exact) mass is 496 g/mol. The zero-order chi connectivity index (χ0) is 25.9. The van der Waals surface area contributed by atoms with E-state index in [1.165, 1.54) is 24.5 Å². The SMILES string of the molecule is CC(Nc1ncnc2c(C(=O)O)cccc12)c1cccc(NC(=O)c2ccc(OC(F)(F)F)cc2)c1. The van der Waals surface area contributed by atoms with Gasteiger partial charge in [-0.25, -0.2) is 14.8 Å². The lowest BCUT2D eigenvalue weighted by Crippen LogP contribution is -2.17. The van der Waals surface area contributed by atoms with Crippen LogP contribution in [0.15, 0.2) is 73.1 Å². The number of carbonyl (C=O) groups excluding carboxylic acids is 1. The van der Waals surface area contributed by atoms with Crippen molar-refractivity contribution in [3.8, 4) is 5.75 Å². The smallest absolute Gasteiger partial charge is 0.478 e. The van der Waals surface area contributed by atoms with Crippen molar-refractivity contribution in [2.45, 2.75) is 19.3 Å². The molecule has 0 saturated carbocycles. The zero-order valence-electron chi connectivity index (χ0n) is 18.7. The number of aromatic nitrogens is 2. The Morgan fingerprint density at radius 2 is 1.72 bits per heavy atom. The van der Waals surface area contributed by atoms with E-state index in [9.17, 15) is 27.9 Å². The lowest BCUT2D eigenvalue weighted by atomic mass is 10.1. The fourth-order valence-electron chi connectivity index (χ4n) is 3.56. The van der Waals surface area contributed by atoms with Crippen molar-refractivity contribution in [1.82, 2.24) is 9.97 Å². The molecule has 1 amide bonds. The molecular formula is C25H19F3N4O4. The molecule has 4 rings (SSSR count). The molecule has 1 heterocycles. The van der Waals surface area contributed by atoms with Gasteiger partial charge in [-0.1, -0.05) is 18.2 Å². The molecule has 0 aliphatic carbocycles. The van der Waals surface area contributed by atoms with Gasteiger partial charge in [0, 0.05) is 16.6 Å². The number of alkyl halides is 3. The van der Waals surface area contributed by atoms with E-state index in [1.807, 2.05) is 13.0 Å². The fraction of sp³-hybridized carbons (Fsp3) is 0.120. The minimum Gasteiger partial charge on any atom is -0.478 e. The Kier molecular flexibility index (Phi) is 6.73. The maximum absolute atomic E-state index is 12.6. The van der Waals surface area contributed by atoms with E-state index >= 15 is 0 Å². The summed E-state index contributed by atoms with van der Waals surface area (Å²) in [5.41, 5.74) is 1.80. The molecular weight excluding hydrogens is 477 g/mol. The molecule has 0 spiro atoms. The van der Waals surface area contributed by atoms with Crippen LogP contribution >= 0.6 is 0 Å². The summed E-state index contributed by atoms with van der Waals surface area (Å²) in [7, 11) is 0. The predicted molar refractivity (Wildman–Crippen MR) is 126 cm³/mol. The summed E-state index contributed by atoms with van der Waals surface area (Å²) in [4.78, 5) is 32.4. The average Bonchev–Trinajstić information content (AvgIpc) is 2.83. The van der Waals surface area contributed by atoms with Gasteiger partial charge in [0.2, 0.25) is 0 Å². The van der Waals surface area contributed by atoms with Crippen molar-refractivity contribution in [2.75, 3.05) is 10.6 Å². The molecule has 0 radical (unpaired) electrons. The lowest BCUT2D eigenvalue weighted by molar-refractivity contribution is -0.274. The van der Waals surface area contributed by atoms with Crippen molar-refractivity contribution in [2.24, 2.45) is 0 Å². The number of para-hydroxylation sites is 1. The number of anilines is 2. The number of fused-ring (bicyclic) bond motifs is 1. The highest BCUT2D eigenvalue weighted by molar-refractivity contribution is 6.05. The Hall–Kier alpha value is -4.67. The Labute approximate surface area is 202 Å². The van der Waals surface area contributed by atoms with E-state index in [0.29, 0.717) is 22.4 Å². The van der Waals surface area contributed by atoms with Gasteiger partial charge in [0.25, 0.3) is 5.91 Å². The summed E-state index contributed by atoms with van der Waals surface area (Å²) in [6, 6.07) is 16.1. The highest BCUT2D eigenvalue weighted by Gasteiger charge is 2.31. The van der Waals surface area contributed by atoms with Crippen LogP contribution in [0.2, 0.25) is 0 Å². The zero-order valence-corrected chi connectivity index (χ0v) is 18.7. The molecule has 1 unspecified atom stereocenters. The number of nitrogens with one attached hydrogen (secondary N) is 2. The average molecular weight is 496 g/mol. The number of benzene rings is 3. The van der Waals surface area contributed by atoms with Gasteiger partial charge in [0.15, 0.2) is 0 Å². The molecule has 4 aromatic rings. The minimum atomic E-state index is -4.81. The summed E-state index contributed by atoms with van der Waals surface area (Å²) < 4.78 is 40.8. The van der Waals surface area contributed by atoms with Crippen molar-refractivity contribution < 1.29 is 32.6 Å². The highest BCUT2D eigenvalue weighted by atomic mass is 19.4. The fourth-order valence-corrected chi connectivity index (χ4v) is 3.56. The molecule has 3 N–H and O–H groups in total. The van der Waals surface area contributed by atoms with Gasteiger partial charge in [0.1, 0.15) is 17.9 Å². The van der Waals surface area contributed by atoms with Crippen molar-refractivity contribution in [1.29, 1.82) is 0 Å². The van der Waals surface area contributed by atoms with Crippen LogP contribution in [0.4, 0.5) is 24.7 Å². The molecule has 1 atom stereocenters. The van der Waals surface area contributed by atoms with Crippen LogP contribution in [0.25, 0.3) is 10.9 Å². The Bertz CT molecular complexity index is 1430. The normalized spacial score (nSPS) is 12.1. The third kappa shape index (κ3) is 5.69. The van der Waals surface area contributed by atoms with Crippen LogP contribution in [0.5, 0.6) is 5.75 Å². The van der Waals surface area contributed by atoms with E-state index in [-0.39, 0.29) is 17.2 Å². The van der Waals surface area contributed by atoms with Crippen molar-refractivity contribution in [3.05, 3.63) is 89.7 Å². The summed E-state index contributed by atoms with van der Waals surface area (Å²) in [5.74, 6) is -1.57. The van der Waals surface area contributed by atoms with Crippen LogP contribution in [0.3, 0.4) is 0 Å². The molecule has 3 aromatic carbocycles. The van der Waals surface area contributed by atoms with Crippen LogP contribution in [0, 0.1) is 0 Å². The molecule has 0 saturated heterocycles. The minimum absolute atomic E-state index is 0.0633. The Morgan fingerprint density at radius 1 is 1.00 bits per heavy atom. The molecule has 184 valence electrons. The number of hydrogen-bond acceptors (Lipinski definition) is 6. The third-order valence-corrected chi connectivity index (χ3v) is 5.24. The number of carboxylic acid groups (broad SMARTS) is 1. The first-order valence-corrected chi connectivity index (χ1v) is 10.6. The maximum atomic E-state index is 12.6. The van der Waals surface area contributed by atoms with Gasteiger partial charge in [-0.2, -0.15) is 0 Å². The molecule has 8 nitrogen and oxygen atoms in total. The number of aromatic carboxylic acids is 1. The van der Waals surface area contributed by atoms with E-state index in [1.54, 1.807) is 30.3 Å². The van der Waals surface area contributed by atoms with Crippen LogP contribution in [0.1, 0.15) is 39.2 Å². The van der Waals surface area contributed by atoms with Gasteiger partial charge >= 0.3 is 12.3 Å². The number of amides is 1. The summed E-state index contributed by atoms with van der Waals surface area (Å²) in [6.45, 7) is 1.87. The van der Waals surface area contributed by atoms with E-state index in [2.05, 4.69) is 25.3 Å². The van der Waals surface area contributed by atoms with E-state index in [4.69, 9.17) is 0 Å². The molecule has 36 heavy (non-hydrogen) atoms. The van der Waals surface area contributed by atoms with Crippen LogP contribution in [-0.2, 0) is 0 Å². The first kappa shape index (κ1) is 24.5. The van der Waals surface area contributed by atoms with Crippen molar-refractivity contribution >= 4 is 34.3 Å². The van der Waals surface area contributed by atoms with E-state index in [0.717, 1.165) is 17.7 Å². The molecule has 11 heteroatoms. The lowest BCUT2D eigenvalue weighted by Gasteiger charge is -2.17. The second-order valence-electron chi connectivity index (χ2n) is 7.75. The number of carboxylic acids is 1. The predicted octanol–water partition coefficient (Wildman–Crippen LogP) is 5.65. The first-order valence-electron chi connectivity index (χ1n) is 10.6. The van der Waals surface area contributed by atoms with Gasteiger partial charge in [-0.15, -0.1) is 13.2 Å². The Balaban J connectivity index is 1.49. The molecule has 0 aliphatic heterocycles. The standard InChI is InChI=1S/C25H19F3N4O4/c1-14(31-22-19-6-3-7-20(24(34)35)21(19)29-13-30-22)16-4-2-5-17(12-16)32-23(33)15-8-10-18(11-9-15)36-25(26,27)28/h2-14H,1H3,(H,32,33)(H,34,35)(H,29,30,31). The molecule has 1 aromatic heterocycles. The first-order chi connectivity index (χ1) is 17.1. The van der Waals surface area contributed by atoms with Crippen molar-refractivity contribution in [3.63, 3.8) is 0 Å². The summed E-state index contributed by atoms with van der Waals surface area (Å²) >= 11 is 0. The van der Waals surface area contributed by atoms with Gasteiger partial charge in [-0.3, -0.25) is 4.79 Å². The number of halogens is 3. The number of hydrogen-bond donors (Lipinski definition) is 3. The maximum Gasteiger partial charge on any atom is 0.573 e. The third-order valence-electron chi connectivity index (χ3n) is 5.24. The van der Waals surface area contributed by atoms with Gasteiger partial charge in [-0.05, 0) is 61.0 Å². The number of carbonyl (C=O) groups is 2. The van der Waals surface area contributed by atoms with Gasteiger partial charge in [0.05, 0.1) is 17.1 Å². The van der Waals surface area contributed by atoms with Crippen LogP contribution in [-0.4, -0.2) is 33.3 Å². The molecule has 0 fully saturated rings. The largest absolute Gasteiger partial charge is 0.573 e. The topological polar surface area (TPSA) is 113 Å².